The van der Waals surface area contributed by atoms with Crippen LogP contribution in [-0.2, 0) is 22.6 Å². The first kappa shape index (κ1) is 19.9. The number of benzene rings is 1. The van der Waals surface area contributed by atoms with E-state index in [1.54, 1.807) is 6.20 Å². The summed E-state index contributed by atoms with van der Waals surface area (Å²) in [5.74, 6) is 1.13. The van der Waals surface area contributed by atoms with Gasteiger partial charge in [0.2, 0.25) is 11.8 Å². The van der Waals surface area contributed by atoms with Gasteiger partial charge < -0.3 is 20.5 Å². The molecule has 1 atom stereocenters. The second kappa shape index (κ2) is 8.52. The third-order valence-electron chi connectivity index (χ3n) is 5.53. The van der Waals surface area contributed by atoms with Crippen LogP contribution in [0.3, 0.4) is 0 Å². The first-order valence-electron chi connectivity index (χ1n) is 10.3. The fourth-order valence-electron chi connectivity index (χ4n) is 3.98. The number of piperidine rings is 1. The number of nitrogens with two attached hydrogens (primary N) is 1. The molecule has 30 heavy (non-hydrogen) atoms. The number of fused-ring (bicyclic) bond motifs is 1. The smallest absolute Gasteiger partial charge is 0.244 e. The molecular weight excluding hydrogens is 380 g/mol. The van der Waals surface area contributed by atoms with Gasteiger partial charge in [-0.05, 0) is 37.1 Å². The molecule has 2 amide bonds. The van der Waals surface area contributed by atoms with Crippen molar-refractivity contribution in [1.29, 1.82) is 0 Å². The number of aryl methyl sites for hydroxylation is 1. The average Bonchev–Trinajstić information content (AvgIpc) is 3.12. The van der Waals surface area contributed by atoms with Crippen molar-refractivity contribution in [1.82, 2.24) is 14.5 Å². The van der Waals surface area contributed by atoms with Gasteiger partial charge in [0.05, 0.1) is 28.8 Å². The van der Waals surface area contributed by atoms with E-state index >= 15 is 0 Å². The average molecular weight is 406 g/mol. The summed E-state index contributed by atoms with van der Waals surface area (Å²) in [4.78, 5) is 35.3. The molecule has 8 heteroatoms. The van der Waals surface area contributed by atoms with Gasteiger partial charge in [-0.2, -0.15) is 0 Å². The molecule has 8 nitrogen and oxygen atoms in total. The molecule has 0 bridgehead atoms. The van der Waals surface area contributed by atoms with E-state index in [9.17, 15) is 9.59 Å². The number of carbonyl (C=O) groups excluding carboxylic acids is 2. The van der Waals surface area contributed by atoms with Gasteiger partial charge in [0.15, 0.2) is 0 Å². The highest BCUT2D eigenvalue weighted by atomic mass is 16.2. The number of rotatable bonds is 6. The lowest BCUT2D eigenvalue weighted by Gasteiger charge is -2.32. The van der Waals surface area contributed by atoms with Gasteiger partial charge in [0.1, 0.15) is 18.2 Å². The van der Waals surface area contributed by atoms with Crippen molar-refractivity contribution in [2.24, 2.45) is 11.7 Å². The summed E-state index contributed by atoms with van der Waals surface area (Å²) in [6.07, 6.45) is 4.13. The molecule has 3 aromatic rings. The number of nitrogens with one attached hydrogen (secondary N) is 1. The number of anilines is 2. The number of para-hydroxylation sites is 2. The van der Waals surface area contributed by atoms with Gasteiger partial charge in [-0.3, -0.25) is 9.59 Å². The van der Waals surface area contributed by atoms with Gasteiger partial charge in [0.25, 0.3) is 0 Å². The number of aromatic nitrogens is 3. The summed E-state index contributed by atoms with van der Waals surface area (Å²) in [5, 5.41) is 2.91. The maximum absolute atomic E-state index is 12.6. The molecule has 3 heterocycles. The van der Waals surface area contributed by atoms with Crippen LogP contribution in [0.5, 0.6) is 0 Å². The SMILES string of the molecule is CCc1nc2ccccc2n1CC(=O)Nc1ccc(N2CCCC(C(N)=O)C2)nc1. The van der Waals surface area contributed by atoms with Gasteiger partial charge in [-0.25, -0.2) is 9.97 Å². The minimum Gasteiger partial charge on any atom is -0.369 e. The number of pyridine rings is 1. The maximum Gasteiger partial charge on any atom is 0.244 e. The van der Waals surface area contributed by atoms with E-state index in [2.05, 4.69) is 20.2 Å². The molecule has 4 rings (SSSR count). The maximum atomic E-state index is 12.6. The van der Waals surface area contributed by atoms with Crippen LogP contribution in [0.25, 0.3) is 11.0 Å². The van der Waals surface area contributed by atoms with Crippen LogP contribution < -0.4 is 16.0 Å². The number of nitrogens with zero attached hydrogens (tertiary/aromatic N) is 4. The molecule has 1 aliphatic heterocycles. The third-order valence-corrected chi connectivity index (χ3v) is 5.53. The minimum absolute atomic E-state index is 0.130. The van der Waals surface area contributed by atoms with Crippen molar-refractivity contribution >= 4 is 34.4 Å². The predicted molar refractivity (Wildman–Crippen MR) is 116 cm³/mol. The van der Waals surface area contributed by atoms with E-state index in [1.165, 1.54) is 0 Å². The number of imidazole rings is 1. The Balaban J connectivity index is 1.43. The highest BCUT2D eigenvalue weighted by Gasteiger charge is 2.24. The Bertz CT molecular complexity index is 1060. The molecule has 0 aliphatic carbocycles. The van der Waals surface area contributed by atoms with Gasteiger partial charge >= 0.3 is 0 Å². The van der Waals surface area contributed by atoms with E-state index in [1.807, 2.05) is 47.9 Å². The van der Waals surface area contributed by atoms with Gasteiger partial charge in [-0.15, -0.1) is 0 Å². The molecule has 1 aliphatic rings. The first-order chi connectivity index (χ1) is 14.5. The lowest BCUT2D eigenvalue weighted by Crippen LogP contribution is -2.41. The lowest BCUT2D eigenvalue weighted by atomic mass is 9.97. The van der Waals surface area contributed by atoms with Crippen molar-refractivity contribution in [2.45, 2.75) is 32.7 Å². The molecule has 1 saturated heterocycles. The van der Waals surface area contributed by atoms with Crippen molar-refractivity contribution in [3.63, 3.8) is 0 Å². The van der Waals surface area contributed by atoms with E-state index < -0.39 is 0 Å². The van der Waals surface area contributed by atoms with Crippen molar-refractivity contribution < 1.29 is 9.59 Å². The third kappa shape index (κ3) is 4.12. The molecular formula is C22H26N6O2. The standard InChI is InChI=1S/C22H26N6O2/c1-2-19-26-17-7-3-4-8-18(17)28(19)14-21(29)25-16-9-10-20(24-12-16)27-11-5-6-15(13-27)22(23)30/h3-4,7-10,12,15H,2,5-6,11,13-14H2,1H3,(H2,23,30)(H,25,29). The Kier molecular flexibility index (Phi) is 5.65. The summed E-state index contributed by atoms with van der Waals surface area (Å²) >= 11 is 0. The zero-order valence-electron chi connectivity index (χ0n) is 17.0. The normalized spacial score (nSPS) is 16.6. The van der Waals surface area contributed by atoms with Crippen molar-refractivity contribution in [3.05, 3.63) is 48.4 Å². The second-order valence-electron chi connectivity index (χ2n) is 7.60. The number of carbonyl (C=O) groups is 2. The van der Waals surface area contributed by atoms with Crippen LogP contribution in [0.2, 0.25) is 0 Å². The number of amides is 2. The van der Waals surface area contributed by atoms with E-state index in [-0.39, 0.29) is 24.3 Å². The summed E-state index contributed by atoms with van der Waals surface area (Å²) in [5.41, 5.74) is 7.93. The quantitative estimate of drug-likeness (QED) is 0.653. The fourth-order valence-corrected chi connectivity index (χ4v) is 3.98. The Morgan fingerprint density at radius 2 is 2.07 bits per heavy atom. The Morgan fingerprint density at radius 3 is 2.80 bits per heavy atom. The fraction of sp³-hybridized carbons (Fsp3) is 0.364. The van der Waals surface area contributed by atoms with E-state index in [0.29, 0.717) is 12.2 Å². The zero-order valence-corrected chi connectivity index (χ0v) is 17.0. The van der Waals surface area contributed by atoms with Crippen LogP contribution in [0.1, 0.15) is 25.6 Å². The monoisotopic (exact) mass is 406 g/mol. The van der Waals surface area contributed by atoms with Crippen LogP contribution >= 0.6 is 0 Å². The summed E-state index contributed by atoms with van der Waals surface area (Å²) in [7, 11) is 0. The Hall–Kier alpha value is -3.42. The number of hydrogen-bond acceptors (Lipinski definition) is 5. The summed E-state index contributed by atoms with van der Waals surface area (Å²) in [6.45, 7) is 3.65. The summed E-state index contributed by atoms with van der Waals surface area (Å²) < 4.78 is 1.95. The van der Waals surface area contributed by atoms with E-state index in [4.69, 9.17) is 5.73 Å². The molecule has 1 fully saturated rings. The molecule has 0 saturated carbocycles. The number of primary amides is 1. The second-order valence-corrected chi connectivity index (χ2v) is 7.60. The van der Waals surface area contributed by atoms with Gasteiger partial charge in [0, 0.05) is 19.5 Å². The van der Waals surface area contributed by atoms with Crippen LogP contribution in [0.4, 0.5) is 11.5 Å². The largest absolute Gasteiger partial charge is 0.369 e. The van der Waals surface area contributed by atoms with Crippen LogP contribution in [0.15, 0.2) is 42.6 Å². The Morgan fingerprint density at radius 1 is 1.23 bits per heavy atom. The van der Waals surface area contributed by atoms with Crippen molar-refractivity contribution in [3.8, 4) is 0 Å². The van der Waals surface area contributed by atoms with Gasteiger partial charge in [-0.1, -0.05) is 19.1 Å². The molecule has 3 N–H and O–H groups in total. The van der Waals surface area contributed by atoms with E-state index in [0.717, 1.165) is 48.5 Å². The molecule has 1 aromatic carbocycles. The van der Waals surface area contributed by atoms with Crippen molar-refractivity contribution in [2.75, 3.05) is 23.3 Å². The predicted octanol–water partition coefficient (Wildman–Crippen LogP) is 2.33. The molecule has 156 valence electrons. The van der Waals surface area contributed by atoms with Crippen LogP contribution in [-0.4, -0.2) is 39.4 Å². The summed E-state index contributed by atoms with van der Waals surface area (Å²) in [6, 6.07) is 11.5. The lowest BCUT2D eigenvalue weighted by molar-refractivity contribution is -0.122. The highest BCUT2D eigenvalue weighted by molar-refractivity contribution is 5.91. The van der Waals surface area contributed by atoms with Crippen LogP contribution in [0, 0.1) is 5.92 Å². The first-order valence-corrected chi connectivity index (χ1v) is 10.3. The molecule has 2 aromatic heterocycles. The molecule has 0 spiro atoms. The Labute approximate surface area is 175 Å². The number of hydrogen-bond donors (Lipinski definition) is 2. The minimum atomic E-state index is -0.262. The molecule has 1 unspecified atom stereocenters. The zero-order chi connectivity index (χ0) is 21.1. The highest BCUT2D eigenvalue weighted by Crippen LogP contribution is 2.22. The topological polar surface area (TPSA) is 106 Å². The molecule has 0 radical (unpaired) electrons.